The molecule has 0 radical (unpaired) electrons. The number of aromatic nitrogens is 1. The Balaban J connectivity index is 3.23. The van der Waals surface area contributed by atoms with Crippen LogP contribution >= 0.6 is 0 Å². The average molecular weight is 151 g/mol. The van der Waals surface area contributed by atoms with Crippen molar-refractivity contribution in [1.82, 2.24) is 4.98 Å². The molecule has 0 amide bonds. The Hall–Kier alpha value is -1.58. The van der Waals surface area contributed by atoms with Crippen LogP contribution in [0.2, 0.25) is 0 Å². The van der Waals surface area contributed by atoms with Crippen molar-refractivity contribution in [3.05, 3.63) is 23.5 Å². The maximum absolute atomic E-state index is 9.12. The van der Waals surface area contributed by atoms with Gasteiger partial charge in [-0.1, -0.05) is 0 Å². The van der Waals surface area contributed by atoms with E-state index < -0.39 is 0 Å². The van der Waals surface area contributed by atoms with E-state index in [4.69, 9.17) is 16.2 Å². The molecule has 58 valence electrons. The summed E-state index contributed by atoms with van der Waals surface area (Å²) in [4.78, 5) is 3.87. The van der Waals surface area contributed by atoms with Crippen LogP contribution in [0.3, 0.4) is 0 Å². The van der Waals surface area contributed by atoms with E-state index in [0.717, 1.165) is 5.69 Å². The maximum Gasteiger partial charge on any atom is 0.146 e. The highest BCUT2D eigenvalue weighted by atomic mass is 16.3. The van der Waals surface area contributed by atoms with E-state index >= 15 is 0 Å². The number of nitrogens with one attached hydrogen (secondary N) is 1. The normalized spacial score (nSPS) is 9.55. The van der Waals surface area contributed by atoms with E-state index in [-0.39, 0.29) is 17.3 Å². The Morgan fingerprint density at radius 2 is 2.27 bits per heavy atom. The molecule has 1 aromatic heterocycles. The predicted molar refractivity (Wildman–Crippen MR) is 41.7 cm³/mol. The van der Waals surface area contributed by atoms with E-state index in [1.807, 2.05) is 0 Å². The molecular formula is C7H9N3O. The van der Waals surface area contributed by atoms with Crippen LogP contribution in [0.5, 0.6) is 5.75 Å². The van der Waals surface area contributed by atoms with Gasteiger partial charge in [0, 0.05) is 5.69 Å². The molecule has 1 heterocycles. The molecule has 0 fully saturated rings. The van der Waals surface area contributed by atoms with Gasteiger partial charge >= 0.3 is 0 Å². The Labute approximate surface area is 64.2 Å². The summed E-state index contributed by atoms with van der Waals surface area (Å²) >= 11 is 0. The van der Waals surface area contributed by atoms with Crippen molar-refractivity contribution in [3.8, 4) is 5.75 Å². The van der Waals surface area contributed by atoms with Crippen LogP contribution in [0.4, 0.5) is 0 Å². The standard InChI is InChI=1S/C7H9N3O/c1-4-2-3-5(11)6(10-4)7(8)9/h2-3,11H,1H3,(H3,8,9). The lowest BCUT2D eigenvalue weighted by Crippen LogP contribution is -2.13. The summed E-state index contributed by atoms with van der Waals surface area (Å²) in [6, 6.07) is 3.13. The molecule has 0 aromatic carbocycles. The van der Waals surface area contributed by atoms with Crippen LogP contribution in [-0.4, -0.2) is 15.9 Å². The quantitative estimate of drug-likeness (QED) is 0.400. The summed E-state index contributed by atoms with van der Waals surface area (Å²) in [7, 11) is 0. The number of pyridine rings is 1. The number of amidine groups is 1. The summed E-state index contributed by atoms with van der Waals surface area (Å²) in [6.45, 7) is 1.77. The van der Waals surface area contributed by atoms with Crippen LogP contribution in [0.25, 0.3) is 0 Å². The second-order valence-electron chi connectivity index (χ2n) is 2.23. The van der Waals surface area contributed by atoms with Gasteiger partial charge in [-0.25, -0.2) is 4.98 Å². The zero-order valence-corrected chi connectivity index (χ0v) is 6.13. The van der Waals surface area contributed by atoms with Crippen LogP contribution in [-0.2, 0) is 0 Å². The van der Waals surface area contributed by atoms with Crippen LogP contribution in [0.15, 0.2) is 12.1 Å². The molecule has 0 bridgehead atoms. The predicted octanol–water partition coefficient (Wildman–Crippen LogP) is 0.380. The number of aromatic hydroxyl groups is 1. The largest absolute Gasteiger partial charge is 0.506 e. The fraction of sp³-hybridized carbons (Fsp3) is 0.143. The highest BCUT2D eigenvalue weighted by molar-refractivity contribution is 5.95. The Morgan fingerprint density at radius 1 is 1.64 bits per heavy atom. The third-order valence-corrected chi connectivity index (χ3v) is 1.27. The minimum Gasteiger partial charge on any atom is -0.506 e. The number of hydrogen-bond donors (Lipinski definition) is 3. The summed E-state index contributed by atoms with van der Waals surface area (Å²) < 4.78 is 0. The van der Waals surface area contributed by atoms with Crippen LogP contribution in [0, 0.1) is 12.3 Å². The summed E-state index contributed by atoms with van der Waals surface area (Å²) in [5, 5.41) is 16.2. The highest BCUT2D eigenvalue weighted by Gasteiger charge is 2.04. The molecule has 4 N–H and O–H groups in total. The highest BCUT2D eigenvalue weighted by Crippen LogP contribution is 2.12. The zero-order chi connectivity index (χ0) is 8.43. The second-order valence-corrected chi connectivity index (χ2v) is 2.23. The smallest absolute Gasteiger partial charge is 0.146 e. The average Bonchev–Trinajstić information content (AvgIpc) is 1.94. The molecule has 0 aliphatic heterocycles. The lowest BCUT2D eigenvalue weighted by atomic mass is 10.3. The first-order valence-corrected chi connectivity index (χ1v) is 3.12. The van der Waals surface area contributed by atoms with Gasteiger partial charge in [0.05, 0.1) is 0 Å². The first-order chi connectivity index (χ1) is 5.11. The molecule has 11 heavy (non-hydrogen) atoms. The Kier molecular flexibility index (Phi) is 1.76. The summed E-state index contributed by atoms with van der Waals surface area (Å²) in [6.07, 6.45) is 0. The number of nitrogens with zero attached hydrogens (tertiary/aromatic N) is 1. The zero-order valence-electron chi connectivity index (χ0n) is 6.13. The van der Waals surface area contributed by atoms with E-state index in [1.165, 1.54) is 6.07 Å². The number of rotatable bonds is 1. The van der Waals surface area contributed by atoms with Crippen molar-refractivity contribution < 1.29 is 5.11 Å². The van der Waals surface area contributed by atoms with Crippen molar-refractivity contribution in [2.75, 3.05) is 0 Å². The van der Waals surface area contributed by atoms with Crippen LogP contribution < -0.4 is 5.73 Å². The van der Waals surface area contributed by atoms with Gasteiger partial charge in [-0.05, 0) is 19.1 Å². The molecule has 0 aliphatic rings. The number of aryl methyl sites for hydroxylation is 1. The topological polar surface area (TPSA) is 83.0 Å². The van der Waals surface area contributed by atoms with Gasteiger partial charge < -0.3 is 10.8 Å². The molecule has 4 heteroatoms. The molecule has 1 aromatic rings. The van der Waals surface area contributed by atoms with Gasteiger partial charge in [0.2, 0.25) is 0 Å². The Bertz CT molecular complexity index is 296. The minimum atomic E-state index is -0.216. The second kappa shape index (κ2) is 2.57. The molecule has 0 unspecified atom stereocenters. The lowest BCUT2D eigenvalue weighted by molar-refractivity contribution is 0.471. The van der Waals surface area contributed by atoms with Crippen molar-refractivity contribution in [3.63, 3.8) is 0 Å². The SMILES string of the molecule is Cc1ccc(O)c(C(=N)N)n1. The molecule has 0 saturated heterocycles. The monoisotopic (exact) mass is 151 g/mol. The third kappa shape index (κ3) is 1.46. The van der Waals surface area contributed by atoms with Gasteiger partial charge in [-0.15, -0.1) is 0 Å². The molecule has 0 aliphatic carbocycles. The molecule has 0 spiro atoms. The Morgan fingerprint density at radius 3 is 2.73 bits per heavy atom. The van der Waals surface area contributed by atoms with Crippen molar-refractivity contribution in [2.24, 2.45) is 5.73 Å². The maximum atomic E-state index is 9.12. The van der Waals surface area contributed by atoms with Crippen molar-refractivity contribution in [1.29, 1.82) is 5.41 Å². The molecular weight excluding hydrogens is 142 g/mol. The first-order valence-electron chi connectivity index (χ1n) is 3.12. The number of hydrogen-bond acceptors (Lipinski definition) is 3. The van der Waals surface area contributed by atoms with Crippen molar-refractivity contribution in [2.45, 2.75) is 6.92 Å². The first kappa shape index (κ1) is 7.53. The fourth-order valence-corrected chi connectivity index (χ4v) is 0.748. The minimum absolute atomic E-state index is 0.0527. The van der Waals surface area contributed by atoms with E-state index in [0.29, 0.717) is 0 Å². The van der Waals surface area contributed by atoms with E-state index in [2.05, 4.69) is 4.98 Å². The lowest BCUT2D eigenvalue weighted by Gasteiger charge is -2.00. The van der Waals surface area contributed by atoms with Crippen LogP contribution in [0.1, 0.15) is 11.4 Å². The summed E-state index contributed by atoms with van der Waals surface area (Å²) in [5.41, 5.74) is 6.02. The molecule has 0 atom stereocenters. The van der Waals surface area contributed by atoms with E-state index in [1.54, 1.807) is 13.0 Å². The number of nitrogens with two attached hydrogens (primary N) is 1. The number of nitrogen functional groups attached to an aromatic ring is 1. The fourth-order valence-electron chi connectivity index (χ4n) is 0.748. The third-order valence-electron chi connectivity index (χ3n) is 1.27. The molecule has 1 rings (SSSR count). The van der Waals surface area contributed by atoms with Gasteiger partial charge in [0.1, 0.15) is 17.3 Å². The van der Waals surface area contributed by atoms with Gasteiger partial charge in [0.25, 0.3) is 0 Å². The van der Waals surface area contributed by atoms with Gasteiger partial charge in [-0.2, -0.15) is 0 Å². The molecule has 4 nitrogen and oxygen atoms in total. The van der Waals surface area contributed by atoms with Gasteiger partial charge in [-0.3, -0.25) is 5.41 Å². The van der Waals surface area contributed by atoms with Crippen molar-refractivity contribution >= 4 is 5.84 Å². The molecule has 0 saturated carbocycles. The summed E-state index contributed by atoms with van der Waals surface area (Å²) in [5.74, 6) is -0.269. The van der Waals surface area contributed by atoms with Gasteiger partial charge in [0.15, 0.2) is 0 Å². The van der Waals surface area contributed by atoms with E-state index in [9.17, 15) is 0 Å².